The molecule has 0 spiro atoms. The molecular formula is C9H8BrN3O2. The van der Waals surface area contributed by atoms with Crippen LogP contribution in [0.3, 0.4) is 0 Å². The van der Waals surface area contributed by atoms with Crippen molar-refractivity contribution in [2.45, 2.75) is 6.92 Å². The first-order valence-corrected chi connectivity index (χ1v) is 4.73. The van der Waals surface area contributed by atoms with Crippen LogP contribution in [0.2, 0.25) is 0 Å². The van der Waals surface area contributed by atoms with Gasteiger partial charge in [-0.3, -0.25) is 20.1 Å². The molecule has 6 heteroatoms. The molecule has 0 atom stereocenters. The molecule has 0 N–H and O–H groups in total. The molecule has 0 aliphatic heterocycles. The van der Waals surface area contributed by atoms with E-state index in [2.05, 4.69) is 39.3 Å². The van der Waals surface area contributed by atoms with Crippen LogP contribution in [0.15, 0.2) is 20.5 Å². The first-order chi connectivity index (χ1) is 7.02. The smallest absolute Gasteiger partial charge is 0.262 e. The van der Waals surface area contributed by atoms with E-state index in [0.717, 1.165) is 5.56 Å². The number of aryl methyl sites for hydroxylation is 1. The average Bonchev–Trinajstić information content (AvgIpc) is 2.15. The predicted molar refractivity (Wildman–Crippen MR) is 64.0 cm³/mol. The second-order valence-electron chi connectivity index (χ2n) is 2.79. The molecule has 0 heterocycles. The zero-order valence-corrected chi connectivity index (χ0v) is 9.61. The Hall–Kier alpha value is -1.56. The van der Waals surface area contributed by atoms with Crippen molar-refractivity contribution in [1.29, 1.82) is 0 Å². The summed E-state index contributed by atoms with van der Waals surface area (Å²) in [6.45, 7) is 8.43. The van der Waals surface area contributed by atoms with Gasteiger partial charge in [-0.15, -0.1) is 0 Å². The summed E-state index contributed by atoms with van der Waals surface area (Å²) >= 11 is 3.11. The van der Waals surface area contributed by atoms with E-state index in [1.165, 1.54) is 0 Å². The number of nitro benzene ring substituents is 1. The van der Waals surface area contributed by atoms with Gasteiger partial charge in [0.05, 0.1) is 15.1 Å². The monoisotopic (exact) mass is 269 g/mol. The SMILES string of the molecule is C=Nc1c(C)cc(Br)c([N+](=O)[O-])c1N=C. The van der Waals surface area contributed by atoms with Crippen LogP contribution < -0.4 is 0 Å². The molecule has 0 aliphatic carbocycles. The molecular weight excluding hydrogens is 262 g/mol. The molecule has 0 bridgehead atoms. The molecule has 1 aromatic rings. The average molecular weight is 270 g/mol. The van der Waals surface area contributed by atoms with Gasteiger partial charge in [-0.1, -0.05) is 0 Å². The first kappa shape index (κ1) is 11.5. The quantitative estimate of drug-likeness (QED) is 0.480. The summed E-state index contributed by atoms with van der Waals surface area (Å²) in [5.74, 6) is 0. The van der Waals surface area contributed by atoms with Gasteiger partial charge in [0.2, 0.25) is 0 Å². The minimum absolute atomic E-state index is 0.141. The molecule has 15 heavy (non-hydrogen) atoms. The molecule has 1 rings (SSSR count). The van der Waals surface area contributed by atoms with Gasteiger partial charge in [-0.2, -0.15) is 0 Å². The fourth-order valence-corrected chi connectivity index (χ4v) is 1.94. The Morgan fingerprint density at radius 3 is 2.33 bits per heavy atom. The largest absolute Gasteiger partial charge is 0.311 e. The number of hydrogen-bond acceptors (Lipinski definition) is 4. The minimum Gasteiger partial charge on any atom is -0.262 e. The van der Waals surface area contributed by atoms with Gasteiger partial charge in [0, 0.05) is 0 Å². The molecule has 0 amide bonds. The lowest BCUT2D eigenvalue weighted by atomic mass is 10.1. The molecule has 5 nitrogen and oxygen atoms in total. The van der Waals surface area contributed by atoms with Gasteiger partial charge in [0.1, 0.15) is 0 Å². The van der Waals surface area contributed by atoms with Crippen LogP contribution in [0.5, 0.6) is 0 Å². The molecule has 0 aromatic heterocycles. The maximum atomic E-state index is 10.8. The van der Waals surface area contributed by atoms with Gasteiger partial charge in [0.15, 0.2) is 5.69 Å². The highest BCUT2D eigenvalue weighted by atomic mass is 79.9. The lowest BCUT2D eigenvalue weighted by molar-refractivity contribution is -0.384. The third kappa shape index (κ3) is 1.94. The molecule has 0 aliphatic rings. The standard InChI is InChI=1S/C9H8BrN3O2/c1-5-4-6(10)9(13(14)15)8(12-3)7(5)11-2/h4H,2-3H2,1H3. The molecule has 0 saturated heterocycles. The van der Waals surface area contributed by atoms with Crippen LogP contribution in [0.25, 0.3) is 0 Å². The molecule has 0 unspecified atom stereocenters. The number of aliphatic imine (C=N–C) groups is 2. The predicted octanol–water partition coefficient (Wildman–Crippen LogP) is 3.33. The maximum Gasteiger partial charge on any atom is 0.311 e. The molecule has 78 valence electrons. The Bertz CT molecular complexity index is 457. The van der Waals surface area contributed by atoms with Crippen molar-refractivity contribution in [3.63, 3.8) is 0 Å². The summed E-state index contributed by atoms with van der Waals surface area (Å²) in [6.07, 6.45) is 0. The Labute approximate surface area is 94.8 Å². The summed E-state index contributed by atoms with van der Waals surface area (Å²) in [7, 11) is 0. The first-order valence-electron chi connectivity index (χ1n) is 3.93. The fraction of sp³-hybridized carbons (Fsp3) is 0.111. The Kier molecular flexibility index (Phi) is 3.31. The van der Waals surface area contributed by atoms with Crippen LogP contribution in [0, 0.1) is 17.0 Å². The van der Waals surface area contributed by atoms with Crippen LogP contribution in [-0.4, -0.2) is 18.4 Å². The van der Waals surface area contributed by atoms with Gasteiger partial charge >= 0.3 is 5.69 Å². The second kappa shape index (κ2) is 4.31. The highest BCUT2D eigenvalue weighted by Crippen LogP contribution is 2.44. The van der Waals surface area contributed by atoms with Gasteiger partial charge in [0.25, 0.3) is 0 Å². The van der Waals surface area contributed by atoms with E-state index in [1.54, 1.807) is 13.0 Å². The van der Waals surface area contributed by atoms with Crippen LogP contribution in [0.1, 0.15) is 5.56 Å². The van der Waals surface area contributed by atoms with E-state index < -0.39 is 4.92 Å². The molecule has 1 aromatic carbocycles. The number of halogens is 1. The van der Waals surface area contributed by atoms with E-state index in [-0.39, 0.29) is 11.4 Å². The van der Waals surface area contributed by atoms with Gasteiger partial charge in [-0.25, -0.2) is 0 Å². The summed E-state index contributed by atoms with van der Waals surface area (Å²) in [6, 6.07) is 1.61. The van der Waals surface area contributed by atoms with Crippen molar-refractivity contribution < 1.29 is 4.92 Å². The molecule has 0 fully saturated rings. The number of nitro groups is 1. The lowest BCUT2D eigenvalue weighted by Crippen LogP contribution is -1.92. The van der Waals surface area contributed by atoms with Crippen molar-refractivity contribution in [3.05, 3.63) is 26.2 Å². The third-order valence-electron chi connectivity index (χ3n) is 1.89. The van der Waals surface area contributed by atoms with E-state index >= 15 is 0 Å². The summed E-state index contributed by atoms with van der Waals surface area (Å²) in [5.41, 5.74) is 1.14. The lowest BCUT2D eigenvalue weighted by Gasteiger charge is -2.06. The van der Waals surface area contributed by atoms with Gasteiger partial charge < -0.3 is 0 Å². The third-order valence-corrected chi connectivity index (χ3v) is 2.49. The van der Waals surface area contributed by atoms with Crippen LogP contribution in [-0.2, 0) is 0 Å². The van der Waals surface area contributed by atoms with Crippen LogP contribution in [0.4, 0.5) is 17.1 Å². The highest BCUT2D eigenvalue weighted by Gasteiger charge is 2.22. The van der Waals surface area contributed by atoms with Crippen molar-refractivity contribution in [2.24, 2.45) is 9.98 Å². The topological polar surface area (TPSA) is 67.9 Å². The summed E-state index contributed by atoms with van der Waals surface area (Å²) < 4.78 is 0.361. The Morgan fingerprint density at radius 1 is 1.40 bits per heavy atom. The van der Waals surface area contributed by atoms with Crippen LogP contribution >= 0.6 is 15.9 Å². The summed E-state index contributed by atoms with van der Waals surface area (Å²) in [4.78, 5) is 17.6. The maximum absolute atomic E-state index is 10.8. The minimum atomic E-state index is -0.526. The number of benzene rings is 1. The zero-order chi connectivity index (χ0) is 11.6. The zero-order valence-electron chi connectivity index (χ0n) is 8.03. The van der Waals surface area contributed by atoms with Crippen molar-refractivity contribution >= 4 is 46.4 Å². The van der Waals surface area contributed by atoms with E-state index in [1.807, 2.05) is 0 Å². The van der Waals surface area contributed by atoms with E-state index in [0.29, 0.717) is 10.2 Å². The Morgan fingerprint density at radius 2 is 1.93 bits per heavy atom. The fourth-order valence-electron chi connectivity index (χ4n) is 1.26. The Balaban J connectivity index is 3.71. The molecule has 0 saturated carbocycles. The number of rotatable bonds is 3. The van der Waals surface area contributed by atoms with Crippen molar-refractivity contribution in [3.8, 4) is 0 Å². The molecule has 0 radical (unpaired) electrons. The number of nitrogens with zero attached hydrogens (tertiary/aromatic N) is 3. The normalized spacial score (nSPS) is 9.73. The highest BCUT2D eigenvalue weighted by molar-refractivity contribution is 9.10. The summed E-state index contributed by atoms with van der Waals surface area (Å²) in [5, 5.41) is 10.8. The second-order valence-corrected chi connectivity index (χ2v) is 3.65. The van der Waals surface area contributed by atoms with Gasteiger partial charge in [-0.05, 0) is 47.9 Å². The van der Waals surface area contributed by atoms with E-state index in [9.17, 15) is 10.1 Å². The van der Waals surface area contributed by atoms with Crippen molar-refractivity contribution in [1.82, 2.24) is 0 Å². The number of hydrogen-bond donors (Lipinski definition) is 0. The van der Waals surface area contributed by atoms with E-state index in [4.69, 9.17) is 0 Å². The van der Waals surface area contributed by atoms with Crippen molar-refractivity contribution in [2.75, 3.05) is 0 Å².